The van der Waals surface area contributed by atoms with Gasteiger partial charge in [-0.05, 0) is 74.0 Å². The lowest BCUT2D eigenvalue weighted by molar-refractivity contribution is -0.111. The molecule has 154 valence electrons. The van der Waals surface area contributed by atoms with E-state index in [1.165, 1.54) is 36.6 Å². The summed E-state index contributed by atoms with van der Waals surface area (Å²) in [5.41, 5.74) is 4.47. The van der Waals surface area contributed by atoms with Crippen LogP contribution in [0.4, 0.5) is 10.1 Å². The van der Waals surface area contributed by atoms with E-state index in [9.17, 15) is 9.18 Å². The molecule has 0 bridgehead atoms. The Labute approximate surface area is 175 Å². The van der Waals surface area contributed by atoms with Crippen molar-refractivity contribution in [1.29, 1.82) is 0 Å². The first-order valence-electron chi connectivity index (χ1n) is 10.2. The molecule has 0 aliphatic carbocycles. The van der Waals surface area contributed by atoms with Gasteiger partial charge < -0.3 is 5.32 Å². The third kappa shape index (κ3) is 4.83. The van der Waals surface area contributed by atoms with Gasteiger partial charge in [0.1, 0.15) is 5.82 Å². The minimum Gasteiger partial charge on any atom is -0.323 e. The molecule has 1 aromatic heterocycles. The molecule has 5 nitrogen and oxygen atoms in total. The van der Waals surface area contributed by atoms with Crippen molar-refractivity contribution in [3.63, 3.8) is 0 Å². The Bertz CT molecular complexity index is 1030. The van der Waals surface area contributed by atoms with Crippen LogP contribution in [0, 0.1) is 5.82 Å². The Balaban J connectivity index is 1.40. The Hall–Kier alpha value is -3.25. The molecule has 2 heterocycles. The number of anilines is 1. The molecule has 0 saturated carbocycles. The van der Waals surface area contributed by atoms with Gasteiger partial charge in [-0.15, -0.1) is 0 Å². The Morgan fingerprint density at radius 3 is 2.50 bits per heavy atom. The van der Waals surface area contributed by atoms with E-state index in [0.29, 0.717) is 0 Å². The number of carbonyl (C=O) groups excluding carboxylic acids is 1. The van der Waals surface area contributed by atoms with Crippen LogP contribution >= 0.6 is 0 Å². The van der Waals surface area contributed by atoms with Gasteiger partial charge in [-0.25, -0.2) is 4.39 Å². The molecule has 0 spiro atoms. The number of rotatable bonds is 6. The Morgan fingerprint density at radius 2 is 1.80 bits per heavy atom. The molecule has 0 radical (unpaired) electrons. The number of benzene rings is 2. The predicted molar refractivity (Wildman–Crippen MR) is 117 cm³/mol. The maximum atomic E-state index is 13.2. The van der Waals surface area contributed by atoms with E-state index in [4.69, 9.17) is 0 Å². The number of carbonyl (C=O) groups is 1. The van der Waals surface area contributed by atoms with E-state index in [-0.39, 0.29) is 11.7 Å². The number of hydrogen-bond acceptors (Lipinski definition) is 3. The van der Waals surface area contributed by atoms with Crippen molar-refractivity contribution in [2.45, 2.75) is 19.4 Å². The second kappa shape index (κ2) is 9.05. The fourth-order valence-corrected chi connectivity index (χ4v) is 3.78. The number of hydrogen-bond donors (Lipinski definition) is 1. The zero-order valence-corrected chi connectivity index (χ0v) is 17.0. The molecule has 6 heteroatoms. The zero-order valence-electron chi connectivity index (χ0n) is 17.0. The summed E-state index contributed by atoms with van der Waals surface area (Å²) in [6, 6.07) is 14.2. The van der Waals surface area contributed by atoms with Crippen molar-refractivity contribution in [2.24, 2.45) is 7.05 Å². The van der Waals surface area contributed by atoms with Gasteiger partial charge in [-0.3, -0.25) is 14.4 Å². The summed E-state index contributed by atoms with van der Waals surface area (Å²) in [6.45, 7) is 3.29. The van der Waals surface area contributed by atoms with Gasteiger partial charge in [-0.1, -0.05) is 12.1 Å². The van der Waals surface area contributed by atoms with Gasteiger partial charge >= 0.3 is 0 Å². The van der Waals surface area contributed by atoms with Crippen LogP contribution in [0.3, 0.4) is 0 Å². The fraction of sp³-hybridized carbons (Fsp3) is 0.250. The minimum atomic E-state index is -0.288. The highest BCUT2D eigenvalue weighted by Gasteiger charge is 2.12. The van der Waals surface area contributed by atoms with Gasteiger partial charge in [0.2, 0.25) is 5.91 Å². The van der Waals surface area contributed by atoms with Crippen molar-refractivity contribution in [2.75, 3.05) is 18.4 Å². The molecule has 30 heavy (non-hydrogen) atoms. The molecule has 4 rings (SSSR count). The topological polar surface area (TPSA) is 50.2 Å². The number of nitrogens with one attached hydrogen (secondary N) is 1. The molecule has 0 atom stereocenters. The van der Waals surface area contributed by atoms with E-state index >= 15 is 0 Å². The maximum absolute atomic E-state index is 13.2. The van der Waals surface area contributed by atoms with Crippen molar-refractivity contribution in [3.8, 4) is 11.3 Å². The molecule has 1 saturated heterocycles. The number of aromatic nitrogens is 2. The quantitative estimate of drug-likeness (QED) is 0.617. The number of likely N-dealkylation sites (tertiary alicyclic amines) is 1. The smallest absolute Gasteiger partial charge is 0.248 e. The van der Waals surface area contributed by atoms with Crippen LogP contribution in [0.2, 0.25) is 0 Å². The third-order valence-corrected chi connectivity index (χ3v) is 5.33. The highest BCUT2D eigenvalue weighted by molar-refractivity contribution is 6.02. The average molecular weight is 404 g/mol. The standard InChI is InChI=1S/C24H25FN4O/c1-28-24(19-6-9-21(25)10-7-19)20(16-26-28)8-13-23(30)27-22-11-4-18(5-12-22)17-29-14-2-3-15-29/h4-13,16H,2-3,14-15,17H2,1H3,(H,27,30)/b13-8+. The molecule has 1 N–H and O–H groups in total. The largest absolute Gasteiger partial charge is 0.323 e. The number of nitrogens with zero attached hydrogens (tertiary/aromatic N) is 3. The van der Waals surface area contributed by atoms with E-state index in [0.717, 1.165) is 42.1 Å². The average Bonchev–Trinajstić information content (AvgIpc) is 3.38. The first-order valence-corrected chi connectivity index (χ1v) is 10.2. The van der Waals surface area contributed by atoms with Crippen molar-refractivity contribution in [3.05, 3.63) is 77.7 Å². The number of halogens is 1. The molecular weight excluding hydrogens is 379 g/mol. The van der Waals surface area contributed by atoms with Crippen molar-refractivity contribution >= 4 is 17.7 Å². The number of amides is 1. The van der Waals surface area contributed by atoms with Gasteiger partial charge in [0.05, 0.1) is 11.9 Å². The predicted octanol–water partition coefficient (Wildman–Crippen LogP) is 4.47. The summed E-state index contributed by atoms with van der Waals surface area (Å²) in [5, 5.41) is 7.16. The summed E-state index contributed by atoms with van der Waals surface area (Å²) < 4.78 is 14.9. The highest BCUT2D eigenvalue weighted by Crippen LogP contribution is 2.24. The number of aryl methyl sites for hydroxylation is 1. The van der Waals surface area contributed by atoms with Crippen LogP contribution < -0.4 is 5.32 Å². The lowest BCUT2D eigenvalue weighted by Gasteiger charge is -2.14. The Kier molecular flexibility index (Phi) is 6.05. The molecule has 1 aliphatic rings. The molecule has 3 aromatic rings. The van der Waals surface area contributed by atoms with E-state index in [1.54, 1.807) is 29.1 Å². The van der Waals surface area contributed by atoms with Crippen LogP contribution in [0.25, 0.3) is 17.3 Å². The normalized spacial score (nSPS) is 14.5. The van der Waals surface area contributed by atoms with Crippen LogP contribution in [-0.2, 0) is 18.4 Å². The van der Waals surface area contributed by atoms with Gasteiger partial charge in [0, 0.05) is 36.5 Å². The monoisotopic (exact) mass is 404 g/mol. The fourth-order valence-electron chi connectivity index (χ4n) is 3.78. The maximum Gasteiger partial charge on any atom is 0.248 e. The van der Waals surface area contributed by atoms with Crippen LogP contribution in [0.1, 0.15) is 24.0 Å². The lowest BCUT2D eigenvalue weighted by Crippen LogP contribution is -2.18. The second-order valence-corrected chi connectivity index (χ2v) is 7.58. The van der Waals surface area contributed by atoms with Gasteiger partial charge in [-0.2, -0.15) is 5.10 Å². The summed E-state index contributed by atoms with van der Waals surface area (Å²) in [4.78, 5) is 14.8. The summed E-state index contributed by atoms with van der Waals surface area (Å²) >= 11 is 0. The molecular formula is C24H25FN4O. The van der Waals surface area contributed by atoms with Crippen LogP contribution in [0.5, 0.6) is 0 Å². The first kappa shape index (κ1) is 20.0. The summed E-state index contributed by atoms with van der Waals surface area (Å²) in [6.07, 6.45) is 7.46. The van der Waals surface area contributed by atoms with Crippen LogP contribution in [-0.4, -0.2) is 33.7 Å². The summed E-state index contributed by atoms with van der Waals surface area (Å²) in [7, 11) is 1.82. The Morgan fingerprint density at radius 1 is 1.10 bits per heavy atom. The molecule has 2 aromatic carbocycles. The molecule has 0 unspecified atom stereocenters. The summed E-state index contributed by atoms with van der Waals surface area (Å²) in [5.74, 6) is -0.500. The zero-order chi connectivity index (χ0) is 20.9. The highest BCUT2D eigenvalue weighted by atomic mass is 19.1. The molecule has 1 amide bonds. The lowest BCUT2D eigenvalue weighted by atomic mass is 10.1. The van der Waals surface area contributed by atoms with Crippen molar-refractivity contribution < 1.29 is 9.18 Å². The first-order chi connectivity index (χ1) is 14.6. The van der Waals surface area contributed by atoms with Gasteiger partial charge in [0.25, 0.3) is 0 Å². The SMILES string of the molecule is Cn1ncc(/C=C/C(=O)Nc2ccc(CN3CCCC3)cc2)c1-c1ccc(F)cc1. The van der Waals surface area contributed by atoms with E-state index in [1.807, 2.05) is 19.2 Å². The van der Waals surface area contributed by atoms with Crippen molar-refractivity contribution in [1.82, 2.24) is 14.7 Å². The van der Waals surface area contributed by atoms with E-state index in [2.05, 4.69) is 27.4 Å². The van der Waals surface area contributed by atoms with E-state index < -0.39 is 0 Å². The molecule has 1 aliphatic heterocycles. The van der Waals surface area contributed by atoms with Crippen LogP contribution in [0.15, 0.2) is 60.8 Å². The third-order valence-electron chi connectivity index (χ3n) is 5.33. The molecule has 1 fully saturated rings. The van der Waals surface area contributed by atoms with Gasteiger partial charge in [0.15, 0.2) is 0 Å². The minimum absolute atomic E-state index is 0.212. The second-order valence-electron chi connectivity index (χ2n) is 7.58.